The average Bonchev–Trinajstić information content (AvgIpc) is 3.01. The van der Waals surface area contributed by atoms with E-state index in [1.807, 2.05) is 6.07 Å². The summed E-state index contributed by atoms with van der Waals surface area (Å²) in [5.41, 5.74) is 0. The Morgan fingerprint density at radius 3 is 2.83 bits per heavy atom. The lowest BCUT2D eigenvalue weighted by molar-refractivity contribution is -0.119. The molecule has 2 aromatic rings. The van der Waals surface area contributed by atoms with Crippen molar-refractivity contribution in [3.8, 4) is 10.7 Å². The molecule has 0 aliphatic heterocycles. The predicted molar refractivity (Wildman–Crippen MR) is 92.7 cm³/mol. The van der Waals surface area contributed by atoms with E-state index in [2.05, 4.69) is 31.5 Å². The van der Waals surface area contributed by atoms with Gasteiger partial charge >= 0.3 is 0 Å². The van der Waals surface area contributed by atoms with E-state index in [9.17, 15) is 4.79 Å². The lowest BCUT2D eigenvalue weighted by Crippen LogP contribution is -2.33. The number of hydrogen-bond acceptors (Lipinski definition) is 5. The zero-order valence-corrected chi connectivity index (χ0v) is 14.5. The highest BCUT2D eigenvalue weighted by molar-refractivity contribution is 7.99. The minimum atomic E-state index is 0.116. The van der Waals surface area contributed by atoms with Crippen molar-refractivity contribution in [2.45, 2.75) is 55.8 Å². The zero-order valence-electron chi connectivity index (χ0n) is 12.9. The van der Waals surface area contributed by atoms with Gasteiger partial charge in [0.1, 0.15) is 0 Å². The molecule has 0 radical (unpaired) electrons. The lowest BCUT2D eigenvalue weighted by Gasteiger charge is -2.12. The fraction of sp³-hybridized carbons (Fsp3) is 0.562. The summed E-state index contributed by atoms with van der Waals surface area (Å²) in [7, 11) is 0. The van der Waals surface area contributed by atoms with Crippen LogP contribution in [0.3, 0.4) is 0 Å². The van der Waals surface area contributed by atoms with Crippen molar-refractivity contribution in [2.24, 2.45) is 0 Å². The summed E-state index contributed by atoms with van der Waals surface area (Å²) in [5, 5.41) is 14.8. The van der Waals surface area contributed by atoms with Crippen molar-refractivity contribution in [3.05, 3.63) is 17.5 Å². The number of aromatic nitrogens is 3. The predicted octanol–water partition coefficient (Wildman–Crippen LogP) is 3.49. The van der Waals surface area contributed by atoms with Crippen LogP contribution in [0.2, 0.25) is 0 Å². The molecule has 2 aliphatic rings. The Morgan fingerprint density at radius 2 is 2.13 bits per heavy atom. The highest BCUT2D eigenvalue weighted by Gasteiger charge is 2.30. The van der Waals surface area contributed by atoms with Crippen molar-refractivity contribution in [1.29, 1.82) is 0 Å². The van der Waals surface area contributed by atoms with Crippen LogP contribution in [0.5, 0.6) is 0 Å². The van der Waals surface area contributed by atoms with E-state index in [4.69, 9.17) is 0 Å². The third-order valence-corrected chi connectivity index (χ3v) is 6.18. The molecule has 4 rings (SSSR count). The van der Waals surface area contributed by atoms with Gasteiger partial charge in [-0.15, -0.1) is 21.5 Å². The van der Waals surface area contributed by atoms with Gasteiger partial charge in [0.2, 0.25) is 5.91 Å². The van der Waals surface area contributed by atoms with Crippen LogP contribution < -0.4 is 5.32 Å². The molecule has 0 saturated heterocycles. The second kappa shape index (κ2) is 6.65. The Balaban J connectivity index is 1.43. The fourth-order valence-electron chi connectivity index (χ4n) is 3.08. The molecule has 0 spiro atoms. The van der Waals surface area contributed by atoms with Crippen LogP contribution in [0.1, 0.15) is 44.6 Å². The molecular weight excluding hydrogens is 328 g/mol. The summed E-state index contributed by atoms with van der Waals surface area (Å²) in [4.78, 5) is 13.3. The normalized spacial score (nSPS) is 18.4. The van der Waals surface area contributed by atoms with Crippen molar-refractivity contribution in [2.75, 3.05) is 5.75 Å². The minimum Gasteiger partial charge on any atom is -0.353 e. The largest absolute Gasteiger partial charge is 0.353 e. The first-order valence-corrected chi connectivity index (χ1v) is 10.1. The van der Waals surface area contributed by atoms with Crippen LogP contribution in [0, 0.1) is 0 Å². The molecule has 23 heavy (non-hydrogen) atoms. The van der Waals surface area contributed by atoms with E-state index in [1.54, 1.807) is 11.3 Å². The van der Waals surface area contributed by atoms with Gasteiger partial charge < -0.3 is 5.32 Å². The minimum absolute atomic E-state index is 0.116. The van der Waals surface area contributed by atoms with Gasteiger partial charge in [0, 0.05) is 12.1 Å². The smallest absolute Gasteiger partial charge is 0.230 e. The first kappa shape index (κ1) is 15.2. The molecule has 5 nitrogen and oxygen atoms in total. The molecule has 2 aromatic heterocycles. The zero-order chi connectivity index (χ0) is 15.6. The average molecular weight is 348 g/mol. The second-order valence-corrected chi connectivity index (χ2v) is 8.11. The Kier molecular flexibility index (Phi) is 4.39. The summed E-state index contributed by atoms with van der Waals surface area (Å²) >= 11 is 3.19. The molecule has 122 valence electrons. The highest BCUT2D eigenvalue weighted by atomic mass is 32.2. The summed E-state index contributed by atoms with van der Waals surface area (Å²) in [6, 6.07) is 5.00. The van der Waals surface area contributed by atoms with E-state index in [0.717, 1.165) is 28.7 Å². The Bertz CT molecular complexity index is 672. The van der Waals surface area contributed by atoms with Gasteiger partial charge in [0.05, 0.1) is 10.6 Å². The van der Waals surface area contributed by atoms with Gasteiger partial charge in [-0.3, -0.25) is 9.36 Å². The number of nitrogens with zero attached hydrogens (tertiary/aromatic N) is 3. The maximum Gasteiger partial charge on any atom is 0.230 e. The lowest BCUT2D eigenvalue weighted by atomic mass is 10.2. The number of hydrogen-bond donors (Lipinski definition) is 1. The van der Waals surface area contributed by atoms with Gasteiger partial charge in [0.15, 0.2) is 11.0 Å². The SMILES string of the molecule is O=C(CSc1nnc(-c2cccs2)n1C1CC1)NC1CCCC1. The van der Waals surface area contributed by atoms with Gasteiger partial charge in [-0.1, -0.05) is 30.7 Å². The number of nitrogens with one attached hydrogen (secondary N) is 1. The van der Waals surface area contributed by atoms with Crippen LogP contribution in [0.25, 0.3) is 10.7 Å². The Labute approximate surface area is 143 Å². The molecule has 0 aromatic carbocycles. The molecule has 2 saturated carbocycles. The number of carbonyl (C=O) groups excluding carboxylic acids is 1. The monoisotopic (exact) mass is 348 g/mol. The van der Waals surface area contributed by atoms with Crippen LogP contribution in [-0.4, -0.2) is 32.5 Å². The summed E-state index contributed by atoms with van der Waals surface area (Å²) in [6.07, 6.45) is 7.07. The number of thiophene rings is 1. The van der Waals surface area contributed by atoms with Crippen LogP contribution in [-0.2, 0) is 4.79 Å². The van der Waals surface area contributed by atoms with Gasteiger partial charge in [-0.25, -0.2) is 0 Å². The molecular formula is C16H20N4OS2. The molecule has 0 unspecified atom stereocenters. The number of thioether (sulfide) groups is 1. The Hall–Kier alpha value is -1.34. The number of amides is 1. The van der Waals surface area contributed by atoms with Crippen LogP contribution in [0.4, 0.5) is 0 Å². The van der Waals surface area contributed by atoms with Gasteiger partial charge in [-0.05, 0) is 37.1 Å². The summed E-state index contributed by atoms with van der Waals surface area (Å²) in [6.45, 7) is 0. The number of rotatable bonds is 6. The van der Waals surface area contributed by atoms with Crippen molar-refractivity contribution in [3.63, 3.8) is 0 Å². The van der Waals surface area contributed by atoms with Crippen molar-refractivity contribution in [1.82, 2.24) is 20.1 Å². The van der Waals surface area contributed by atoms with Gasteiger partial charge in [-0.2, -0.15) is 0 Å². The molecule has 2 heterocycles. The Morgan fingerprint density at radius 1 is 1.30 bits per heavy atom. The van der Waals surface area contributed by atoms with Crippen LogP contribution in [0.15, 0.2) is 22.7 Å². The molecule has 2 fully saturated rings. The maximum atomic E-state index is 12.1. The molecule has 7 heteroatoms. The van der Waals surface area contributed by atoms with E-state index < -0.39 is 0 Å². The molecule has 0 atom stereocenters. The highest BCUT2D eigenvalue weighted by Crippen LogP contribution is 2.41. The fourth-order valence-corrected chi connectivity index (χ4v) is 4.60. The maximum absolute atomic E-state index is 12.1. The van der Waals surface area contributed by atoms with E-state index in [0.29, 0.717) is 17.8 Å². The second-order valence-electron chi connectivity index (χ2n) is 6.22. The summed E-state index contributed by atoms with van der Waals surface area (Å²) < 4.78 is 2.22. The van der Waals surface area contributed by atoms with Crippen molar-refractivity contribution < 1.29 is 4.79 Å². The molecule has 1 N–H and O–H groups in total. The molecule has 2 aliphatic carbocycles. The van der Waals surface area contributed by atoms with E-state index >= 15 is 0 Å². The quantitative estimate of drug-likeness (QED) is 0.812. The molecule has 1 amide bonds. The van der Waals surface area contributed by atoms with Crippen molar-refractivity contribution >= 4 is 29.0 Å². The third-order valence-electron chi connectivity index (χ3n) is 4.37. The van der Waals surface area contributed by atoms with E-state index in [-0.39, 0.29) is 5.91 Å². The van der Waals surface area contributed by atoms with Crippen LogP contribution >= 0.6 is 23.1 Å². The third kappa shape index (κ3) is 3.45. The van der Waals surface area contributed by atoms with E-state index in [1.165, 1.54) is 37.4 Å². The van der Waals surface area contributed by atoms with Gasteiger partial charge in [0.25, 0.3) is 0 Å². The first-order valence-electron chi connectivity index (χ1n) is 8.22. The summed E-state index contributed by atoms with van der Waals surface area (Å²) in [5.74, 6) is 1.48. The topological polar surface area (TPSA) is 59.8 Å². The first-order chi connectivity index (χ1) is 11.3. The molecule has 0 bridgehead atoms. The number of carbonyl (C=O) groups is 1. The standard InChI is InChI=1S/C16H20N4OS2/c21-14(17-11-4-1-2-5-11)10-23-16-19-18-15(13-6-3-9-22-13)20(16)12-7-8-12/h3,6,9,11-12H,1-2,4-5,7-8,10H2,(H,17,21).